The van der Waals surface area contributed by atoms with Crippen LogP contribution in [0.2, 0.25) is 0 Å². The Labute approximate surface area is 141 Å². The summed E-state index contributed by atoms with van der Waals surface area (Å²) in [5.41, 5.74) is -0.0327. The van der Waals surface area contributed by atoms with Gasteiger partial charge in [-0.15, -0.1) is 0 Å². The summed E-state index contributed by atoms with van der Waals surface area (Å²) in [6.45, 7) is 4.93. The van der Waals surface area contributed by atoms with Gasteiger partial charge in [0.1, 0.15) is 11.6 Å². The third-order valence-electron chi connectivity index (χ3n) is 4.93. The number of piperidine rings is 1. The predicted octanol–water partition coefficient (Wildman–Crippen LogP) is 2.68. The van der Waals surface area contributed by atoms with E-state index < -0.39 is 11.6 Å². The second-order valence-corrected chi connectivity index (χ2v) is 6.52. The number of hydrogen-bond donors (Lipinski definition) is 0. The molecule has 0 aliphatic carbocycles. The first-order valence-electron chi connectivity index (χ1n) is 8.71. The molecule has 1 amide bonds. The van der Waals surface area contributed by atoms with Gasteiger partial charge in [0.25, 0.3) is 5.91 Å². The van der Waals surface area contributed by atoms with E-state index in [4.69, 9.17) is 4.74 Å². The SMILES string of the molecule is O=C(c1ccc(F)cc1F)N1CCCC[C@@H]1CCN1CCOCC1. The predicted molar refractivity (Wildman–Crippen MR) is 86.9 cm³/mol. The summed E-state index contributed by atoms with van der Waals surface area (Å²) in [6, 6.07) is 3.29. The number of hydrogen-bond acceptors (Lipinski definition) is 3. The van der Waals surface area contributed by atoms with Crippen LogP contribution in [0.25, 0.3) is 0 Å². The molecular formula is C18H24F2N2O2. The lowest BCUT2D eigenvalue weighted by molar-refractivity contribution is 0.0295. The number of amides is 1. The highest BCUT2D eigenvalue weighted by molar-refractivity contribution is 5.94. The van der Waals surface area contributed by atoms with E-state index in [0.717, 1.165) is 70.7 Å². The van der Waals surface area contributed by atoms with Crippen LogP contribution in [0, 0.1) is 11.6 Å². The minimum absolute atomic E-state index is 0.0327. The Balaban J connectivity index is 1.65. The van der Waals surface area contributed by atoms with Crippen molar-refractivity contribution in [2.24, 2.45) is 0 Å². The first-order chi connectivity index (χ1) is 11.6. The highest BCUT2D eigenvalue weighted by Crippen LogP contribution is 2.23. The van der Waals surface area contributed by atoms with E-state index in [0.29, 0.717) is 6.54 Å². The van der Waals surface area contributed by atoms with Gasteiger partial charge in [-0.1, -0.05) is 0 Å². The summed E-state index contributed by atoms with van der Waals surface area (Å²) in [4.78, 5) is 16.8. The van der Waals surface area contributed by atoms with Gasteiger partial charge in [0.15, 0.2) is 0 Å². The van der Waals surface area contributed by atoms with Crippen molar-refractivity contribution in [2.75, 3.05) is 39.4 Å². The van der Waals surface area contributed by atoms with E-state index >= 15 is 0 Å². The minimum Gasteiger partial charge on any atom is -0.379 e. The number of nitrogens with zero attached hydrogens (tertiary/aromatic N) is 2. The molecule has 0 saturated carbocycles. The van der Waals surface area contributed by atoms with Crippen molar-refractivity contribution in [3.05, 3.63) is 35.4 Å². The molecule has 0 radical (unpaired) electrons. The summed E-state index contributed by atoms with van der Waals surface area (Å²) in [5, 5.41) is 0. The normalized spacial score (nSPS) is 22.6. The maximum Gasteiger partial charge on any atom is 0.257 e. The molecule has 2 heterocycles. The van der Waals surface area contributed by atoms with Crippen LogP contribution < -0.4 is 0 Å². The Kier molecular flexibility index (Phi) is 5.79. The lowest BCUT2D eigenvalue weighted by atomic mass is 9.97. The Hall–Kier alpha value is -1.53. The number of carbonyl (C=O) groups excluding carboxylic acids is 1. The van der Waals surface area contributed by atoms with Crippen LogP contribution in [0.5, 0.6) is 0 Å². The second kappa shape index (κ2) is 8.03. The molecule has 2 fully saturated rings. The second-order valence-electron chi connectivity index (χ2n) is 6.52. The molecule has 6 heteroatoms. The third kappa shape index (κ3) is 4.11. The molecule has 2 saturated heterocycles. The van der Waals surface area contributed by atoms with E-state index in [1.807, 2.05) is 0 Å². The lowest BCUT2D eigenvalue weighted by Crippen LogP contribution is -2.46. The third-order valence-corrected chi connectivity index (χ3v) is 4.93. The molecule has 2 aliphatic rings. The van der Waals surface area contributed by atoms with E-state index in [2.05, 4.69) is 4.90 Å². The van der Waals surface area contributed by atoms with Crippen LogP contribution in [-0.2, 0) is 4.74 Å². The van der Waals surface area contributed by atoms with Crippen molar-refractivity contribution in [3.8, 4) is 0 Å². The summed E-state index contributed by atoms with van der Waals surface area (Å²) in [5.74, 6) is -1.76. The van der Waals surface area contributed by atoms with Crippen LogP contribution in [0.3, 0.4) is 0 Å². The Morgan fingerprint density at radius 1 is 1.17 bits per heavy atom. The van der Waals surface area contributed by atoms with Crippen LogP contribution in [0.4, 0.5) is 8.78 Å². The number of morpholine rings is 1. The lowest BCUT2D eigenvalue weighted by Gasteiger charge is -2.37. The molecule has 3 rings (SSSR count). The molecule has 1 aromatic rings. The number of carbonyl (C=O) groups is 1. The highest BCUT2D eigenvalue weighted by atomic mass is 19.1. The fourth-order valence-electron chi connectivity index (χ4n) is 3.54. The fraction of sp³-hybridized carbons (Fsp3) is 0.611. The molecule has 132 valence electrons. The van der Waals surface area contributed by atoms with Gasteiger partial charge in [0, 0.05) is 38.3 Å². The average Bonchev–Trinajstić information content (AvgIpc) is 2.60. The van der Waals surface area contributed by atoms with Crippen molar-refractivity contribution >= 4 is 5.91 Å². The van der Waals surface area contributed by atoms with Crippen molar-refractivity contribution in [1.82, 2.24) is 9.80 Å². The summed E-state index contributed by atoms with van der Waals surface area (Å²) in [6.07, 6.45) is 3.85. The molecule has 4 nitrogen and oxygen atoms in total. The van der Waals surface area contributed by atoms with Crippen molar-refractivity contribution in [2.45, 2.75) is 31.7 Å². The largest absolute Gasteiger partial charge is 0.379 e. The monoisotopic (exact) mass is 338 g/mol. The maximum absolute atomic E-state index is 13.9. The molecule has 24 heavy (non-hydrogen) atoms. The molecule has 2 aliphatic heterocycles. The zero-order valence-electron chi connectivity index (χ0n) is 13.8. The van der Waals surface area contributed by atoms with Gasteiger partial charge in [-0.2, -0.15) is 0 Å². The van der Waals surface area contributed by atoms with Gasteiger partial charge < -0.3 is 9.64 Å². The number of benzene rings is 1. The molecule has 0 unspecified atom stereocenters. The first kappa shape index (κ1) is 17.3. The van der Waals surface area contributed by atoms with Crippen molar-refractivity contribution in [1.29, 1.82) is 0 Å². The zero-order chi connectivity index (χ0) is 16.9. The number of halogens is 2. The summed E-state index contributed by atoms with van der Waals surface area (Å²) < 4.78 is 32.4. The topological polar surface area (TPSA) is 32.8 Å². The Bertz CT molecular complexity index is 576. The molecular weight excluding hydrogens is 314 g/mol. The van der Waals surface area contributed by atoms with Crippen LogP contribution in [-0.4, -0.2) is 61.1 Å². The average molecular weight is 338 g/mol. The van der Waals surface area contributed by atoms with Gasteiger partial charge in [-0.05, 0) is 37.8 Å². The van der Waals surface area contributed by atoms with Crippen LogP contribution in [0.1, 0.15) is 36.0 Å². The minimum atomic E-state index is -0.780. The quantitative estimate of drug-likeness (QED) is 0.846. The van der Waals surface area contributed by atoms with Gasteiger partial charge in [-0.3, -0.25) is 9.69 Å². The van der Waals surface area contributed by atoms with E-state index in [-0.39, 0.29) is 17.5 Å². The first-order valence-corrected chi connectivity index (χ1v) is 8.71. The summed E-state index contributed by atoms with van der Waals surface area (Å²) >= 11 is 0. The smallest absolute Gasteiger partial charge is 0.257 e. The maximum atomic E-state index is 13.9. The van der Waals surface area contributed by atoms with E-state index in [1.165, 1.54) is 6.07 Å². The summed E-state index contributed by atoms with van der Waals surface area (Å²) in [7, 11) is 0. The number of rotatable bonds is 4. The van der Waals surface area contributed by atoms with E-state index in [9.17, 15) is 13.6 Å². The van der Waals surface area contributed by atoms with Gasteiger partial charge in [0.05, 0.1) is 18.8 Å². The molecule has 0 aromatic heterocycles. The van der Waals surface area contributed by atoms with Gasteiger partial charge in [0.2, 0.25) is 0 Å². The van der Waals surface area contributed by atoms with E-state index in [1.54, 1.807) is 4.90 Å². The standard InChI is InChI=1S/C18H24F2N2O2/c19-14-4-5-16(17(20)13-14)18(23)22-7-2-1-3-15(22)6-8-21-9-11-24-12-10-21/h4-5,13,15H,1-3,6-12H2/t15-/m1/s1. The Morgan fingerprint density at radius 3 is 2.71 bits per heavy atom. The van der Waals surface area contributed by atoms with Crippen molar-refractivity contribution < 1.29 is 18.3 Å². The van der Waals surface area contributed by atoms with Gasteiger partial charge >= 0.3 is 0 Å². The molecule has 0 N–H and O–H groups in total. The molecule has 0 spiro atoms. The number of ether oxygens (including phenoxy) is 1. The van der Waals surface area contributed by atoms with Crippen LogP contribution in [0.15, 0.2) is 18.2 Å². The molecule has 1 atom stereocenters. The highest BCUT2D eigenvalue weighted by Gasteiger charge is 2.29. The molecule has 1 aromatic carbocycles. The number of likely N-dealkylation sites (tertiary alicyclic amines) is 1. The Morgan fingerprint density at radius 2 is 1.96 bits per heavy atom. The zero-order valence-corrected chi connectivity index (χ0v) is 13.8. The van der Waals surface area contributed by atoms with Crippen molar-refractivity contribution in [3.63, 3.8) is 0 Å². The van der Waals surface area contributed by atoms with Gasteiger partial charge in [-0.25, -0.2) is 8.78 Å². The molecule has 0 bridgehead atoms. The van der Waals surface area contributed by atoms with Crippen LogP contribution >= 0.6 is 0 Å². The fourth-order valence-corrected chi connectivity index (χ4v) is 3.54.